The van der Waals surface area contributed by atoms with Crippen LogP contribution in [-0.4, -0.2) is 50.5 Å². The molecule has 0 radical (unpaired) electrons. The Kier molecular flexibility index (Phi) is 8.86. The highest BCUT2D eigenvalue weighted by Gasteiger charge is 2.51. The van der Waals surface area contributed by atoms with Gasteiger partial charge in [-0.2, -0.15) is 0 Å². The molecule has 1 N–H and O–H groups in total. The highest BCUT2D eigenvalue weighted by Crippen LogP contribution is 2.60. The van der Waals surface area contributed by atoms with E-state index in [0.717, 1.165) is 40.5 Å². The van der Waals surface area contributed by atoms with E-state index in [4.69, 9.17) is 0 Å². The molecule has 4 aliphatic carbocycles. The van der Waals surface area contributed by atoms with Gasteiger partial charge in [-0.15, -0.1) is 0 Å². The fraction of sp³-hybridized carbons (Fsp3) is 0.562. The van der Waals surface area contributed by atoms with Crippen LogP contribution in [0, 0.1) is 17.8 Å². The Bertz CT molecular complexity index is 1340. The third kappa shape index (κ3) is 6.66. The maximum Gasteiger partial charge on any atom is 0.244 e. The third-order valence-electron chi connectivity index (χ3n) is 9.44. The van der Waals surface area contributed by atoms with E-state index in [1.165, 1.54) is 53.3 Å². The van der Waals surface area contributed by atoms with Crippen LogP contribution in [0.4, 0.5) is 5.69 Å². The average molecular weight is 645 g/mol. The molecule has 41 heavy (non-hydrogen) atoms. The molecule has 0 unspecified atom stereocenters. The van der Waals surface area contributed by atoms with Crippen molar-refractivity contribution in [2.75, 3.05) is 23.7 Å². The molecule has 7 nitrogen and oxygen atoms in total. The molecule has 0 spiro atoms. The van der Waals surface area contributed by atoms with E-state index in [-0.39, 0.29) is 24.4 Å². The zero-order valence-corrected chi connectivity index (χ0v) is 26.7. The van der Waals surface area contributed by atoms with Crippen LogP contribution in [0.1, 0.15) is 69.9 Å². The van der Waals surface area contributed by atoms with E-state index < -0.39 is 22.0 Å². The van der Waals surface area contributed by atoms with Gasteiger partial charge in [0.05, 0.1) is 11.9 Å². The van der Waals surface area contributed by atoms with E-state index in [2.05, 4.69) is 33.4 Å². The molecule has 4 bridgehead atoms. The summed E-state index contributed by atoms with van der Waals surface area (Å²) in [5.74, 6) is 1.76. The van der Waals surface area contributed by atoms with E-state index >= 15 is 0 Å². The van der Waals surface area contributed by atoms with Crippen LogP contribution in [0.5, 0.6) is 0 Å². The van der Waals surface area contributed by atoms with Gasteiger partial charge in [-0.1, -0.05) is 47.1 Å². The predicted octanol–water partition coefficient (Wildman–Crippen LogP) is 5.63. The van der Waals surface area contributed by atoms with Crippen molar-refractivity contribution >= 4 is 43.5 Å². The normalized spacial score (nSPS) is 25.5. The maximum atomic E-state index is 13.8. The average Bonchev–Trinajstić information content (AvgIpc) is 2.91. The number of sulfonamides is 1. The summed E-state index contributed by atoms with van der Waals surface area (Å²) >= 11 is 3.47. The highest BCUT2D eigenvalue weighted by atomic mass is 79.9. The third-order valence-corrected chi connectivity index (χ3v) is 11.1. The first-order valence-electron chi connectivity index (χ1n) is 14.9. The number of benzene rings is 2. The fourth-order valence-corrected chi connectivity index (χ4v) is 9.17. The molecule has 2 aromatic rings. The zero-order valence-electron chi connectivity index (χ0n) is 24.3. The lowest BCUT2D eigenvalue weighted by molar-refractivity contribution is -0.139. The van der Waals surface area contributed by atoms with Crippen LogP contribution in [0.25, 0.3) is 0 Å². The summed E-state index contributed by atoms with van der Waals surface area (Å²) in [7, 11) is -3.77. The first kappa shape index (κ1) is 30.1. The molecular formula is C32H42BrN3O4S. The topological polar surface area (TPSA) is 86.8 Å². The smallest absolute Gasteiger partial charge is 0.244 e. The van der Waals surface area contributed by atoms with Crippen molar-refractivity contribution in [2.24, 2.45) is 17.8 Å². The lowest BCUT2D eigenvalue weighted by Gasteiger charge is -2.57. The molecule has 4 saturated carbocycles. The number of rotatable bonds is 11. The Hall–Kier alpha value is -2.39. The summed E-state index contributed by atoms with van der Waals surface area (Å²) in [5.41, 5.74) is 2.83. The molecule has 0 heterocycles. The monoisotopic (exact) mass is 643 g/mol. The van der Waals surface area contributed by atoms with E-state index in [1.807, 2.05) is 43.3 Å². The van der Waals surface area contributed by atoms with Crippen molar-refractivity contribution in [1.29, 1.82) is 0 Å². The van der Waals surface area contributed by atoms with E-state index in [1.54, 1.807) is 6.92 Å². The van der Waals surface area contributed by atoms with Crippen LogP contribution < -0.4 is 9.62 Å². The molecule has 4 aliphatic rings. The van der Waals surface area contributed by atoms with Gasteiger partial charge >= 0.3 is 0 Å². The summed E-state index contributed by atoms with van der Waals surface area (Å²) in [5, 5.41) is 2.87. The first-order valence-corrected chi connectivity index (χ1v) is 17.5. The Morgan fingerprint density at radius 3 is 2.17 bits per heavy atom. The van der Waals surface area contributed by atoms with Gasteiger partial charge < -0.3 is 10.2 Å². The second kappa shape index (κ2) is 12.1. The van der Waals surface area contributed by atoms with Crippen LogP contribution in [0.3, 0.4) is 0 Å². The van der Waals surface area contributed by atoms with Gasteiger partial charge in [-0.25, -0.2) is 8.42 Å². The minimum Gasteiger partial charge on any atom is -0.354 e. The minimum atomic E-state index is -3.77. The second-order valence-electron chi connectivity index (χ2n) is 12.6. The Balaban J connectivity index is 1.38. The number of carbonyl (C=O) groups excluding carboxylic acids is 2. The summed E-state index contributed by atoms with van der Waals surface area (Å²) in [4.78, 5) is 28.2. The highest BCUT2D eigenvalue weighted by molar-refractivity contribution is 9.10. The number of anilines is 1. The Labute approximate surface area is 253 Å². The van der Waals surface area contributed by atoms with Crippen molar-refractivity contribution < 1.29 is 18.0 Å². The second-order valence-corrected chi connectivity index (χ2v) is 15.5. The molecule has 2 aromatic carbocycles. The Morgan fingerprint density at radius 2 is 1.63 bits per heavy atom. The largest absolute Gasteiger partial charge is 0.354 e. The number of halogens is 1. The van der Waals surface area contributed by atoms with Gasteiger partial charge in [0, 0.05) is 17.6 Å². The van der Waals surface area contributed by atoms with Gasteiger partial charge in [-0.3, -0.25) is 13.9 Å². The molecule has 0 aliphatic heterocycles. The molecule has 1 atom stereocenters. The van der Waals surface area contributed by atoms with Gasteiger partial charge in [0.1, 0.15) is 12.6 Å². The van der Waals surface area contributed by atoms with Crippen molar-refractivity contribution in [2.45, 2.75) is 76.8 Å². The summed E-state index contributed by atoms with van der Waals surface area (Å²) < 4.78 is 28.1. The van der Waals surface area contributed by atoms with Gasteiger partial charge in [0.2, 0.25) is 21.8 Å². The quantitative estimate of drug-likeness (QED) is 0.344. The van der Waals surface area contributed by atoms with Gasteiger partial charge in [-0.05, 0) is 110 Å². The van der Waals surface area contributed by atoms with Gasteiger partial charge in [0.15, 0.2) is 0 Å². The van der Waals surface area contributed by atoms with Crippen LogP contribution in [0.15, 0.2) is 53.0 Å². The first-order chi connectivity index (χ1) is 19.5. The summed E-state index contributed by atoms with van der Waals surface area (Å²) in [6.07, 6.45) is 9.70. The van der Waals surface area contributed by atoms with Crippen LogP contribution in [0.2, 0.25) is 0 Å². The van der Waals surface area contributed by atoms with Crippen molar-refractivity contribution in [3.63, 3.8) is 0 Å². The van der Waals surface area contributed by atoms with E-state index in [0.29, 0.717) is 12.2 Å². The zero-order chi connectivity index (χ0) is 29.4. The number of nitrogens with zero attached hydrogens (tertiary/aromatic N) is 2. The van der Waals surface area contributed by atoms with Crippen LogP contribution >= 0.6 is 15.9 Å². The molecule has 0 saturated heterocycles. The number of hydrogen-bond acceptors (Lipinski definition) is 4. The van der Waals surface area contributed by atoms with Gasteiger partial charge in [0.25, 0.3) is 0 Å². The Morgan fingerprint density at radius 1 is 1.02 bits per heavy atom. The number of nitrogens with one attached hydrogen (secondary N) is 1. The SMILES string of the molecule is CCCNC(=O)[C@H](C)N(Cc1cccc(Br)c1)C(=O)CN(c1ccc(C23CC4CC(CC(C4)C2)C3)cc1)S(C)(=O)=O. The maximum absolute atomic E-state index is 13.8. The lowest BCUT2D eigenvalue weighted by Crippen LogP contribution is -2.51. The molecule has 9 heteroatoms. The standard InChI is InChI=1S/C32H42BrN3O4S/c1-4-12-34-31(38)22(2)35(20-23-6-5-7-28(33)16-23)30(37)21-36(41(3,39)40)29-10-8-27(9-11-29)32-17-24-13-25(18-32)15-26(14-24)19-32/h5-11,16,22,24-26H,4,12-15,17-21H2,1-3H3,(H,34,38)/t22-,24?,25?,26?,32?/m0/s1. The fourth-order valence-electron chi connectivity index (χ4n) is 7.87. The van der Waals surface area contributed by atoms with Crippen molar-refractivity contribution in [1.82, 2.24) is 10.2 Å². The molecule has 4 fully saturated rings. The predicted molar refractivity (Wildman–Crippen MR) is 166 cm³/mol. The lowest BCUT2D eigenvalue weighted by atomic mass is 9.48. The van der Waals surface area contributed by atoms with Crippen molar-refractivity contribution in [3.05, 3.63) is 64.1 Å². The molecule has 2 amide bonds. The molecular weight excluding hydrogens is 602 g/mol. The number of carbonyl (C=O) groups is 2. The number of hydrogen-bond donors (Lipinski definition) is 1. The molecule has 6 rings (SSSR count). The molecule has 0 aromatic heterocycles. The summed E-state index contributed by atoms with van der Waals surface area (Å²) in [6.45, 7) is 3.96. The van der Waals surface area contributed by atoms with Crippen molar-refractivity contribution in [3.8, 4) is 0 Å². The minimum absolute atomic E-state index is 0.182. The van der Waals surface area contributed by atoms with E-state index in [9.17, 15) is 18.0 Å². The van der Waals surface area contributed by atoms with Crippen LogP contribution in [-0.2, 0) is 31.6 Å². The number of amides is 2. The summed E-state index contributed by atoms with van der Waals surface area (Å²) in [6, 6.07) is 14.7. The molecule has 222 valence electrons.